The minimum Gasteiger partial charge on any atom is -0.489 e. The SMILES string of the molecule is Cc1noc(C)c1COc1ccc2[nH]nc(NC(=O)c3ccc(Br)cc3)c2c1. The lowest BCUT2D eigenvalue weighted by atomic mass is 10.2. The van der Waals surface area contributed by atoms with Crippen LogP contribution in [0.3, 0.4) is 0 Å². The van der Waals surface area contributed by atoms with Gasteiger partial charge < -0.3 is 14.6 Å². The highest BCUT2D eigenvalue weighted by molar-refractivity contribution is 9.10. The number of benzene rings is 2. The second-order valence-electron chi connectivity index (χ2n) is 6.33. The van der Waals surface area contributed by atoms with Gasteiger partial charge in [0.1, 0.15) is 18.1 Å². The molecule has 0 bridgehead atoms. The molecule has 0 atom stereocenters. The zero-order valence-corrected chi connectivity index (χ0v) is 16.8. The quantitative estimate of drug-likeness (QED) is 0.466. The summed E-state index contributed by atoms with van der Waals surface area (Å²) in [5, 5.41) is 14.7. The number of carbonyl (C=O) groups excluding carboxylic acids is 1. The van der Waals surface area contributed by atoms with Gasteiger partial charge in [0.2, 0.25) is 0 Å². The molecule has 4 rings (SSSR count). The molecule has 0 aliphatic rings. The average molecular weight is 441 g/mol. The van der Waals surface area contributed by atoms with E-state index in [-0.39, 0.29) is 5.91 Å². The Balaban J connectivity index is 1.54. The van der Waals surface area contributed by atoms with E-state index in [0.29, 0.717) is 23.7 Å². The summed E-state index contributed by atoms with van der Waals surface area (Å²) in [7, 11) is 0. The van der Waals surface area contributed by atoms with Crippen molar-refractivity contribution in [3.63, 3.8) is 0 Å². The molecule has 0 saturated carbocycles. The number of halogens is 1. The van der Waals surface area contributed by atoms with Crippen molar-refractivity contribution in [2.75, 3.05) is 5.32 Å². The summed E-state index contributed by atoms with van der Waals surface area (Å²) >= 11 is 3.36. The molecule has 2 N–H and O–H groups in total. The fourth-order valence-electron chi connectivity index (χ4n) is 2.82. The number of H-pyrrole nitrogens is 1. The molecular formula is C20H17BrN4O3. The molecule has 1 amide bonds. The van der Waals surface area contributed by atoms with Crippen molar-refractivity contribution in [2.24, 2.45) is 0 Å². The van der Waals surface area contributed by atoms with Gasteiger partial charge in [0, 0.05) is 15.4 Å². The number of rotatable bonds is 5. The van der Waals surface area contributed by atoms with Crippen LogP contribution in [0.15, 0.2) is 51.5 Å². The number of ether oxygens (including phenoxy) is 1. The van der Waals surface area contributed by atoms with Gasteiger partial charge in [-0.25, -0.2) is 0 Å². The fraction of sp³-hybridized carbons (Fsp3) is 0.150. The molecule has 0 aliphatic heterocycles. The molecule has 142 valence electrons. The van der Waals surface area contributed by atoms with Gasteiger partial charge in [0.25, 0.3) is 5.91 Å². The van der Waals surface area contributed by atoms with Gasteiger partial charge in [0.05, 0.1) is 16.8 Å². The third-order valence-corrected chi connectivity index (χ3v) is 4.97. The first-order chi connectivity index (χ1) is 13.5. The summed E-state index contributed by atoms with van der Waals surface area (Å²) in [6, 6.07) is 12.7. The van der Waals surface area contributed by atoms with Crippen LogP contribution in [0.2, 0.25) is 0 Å². The summed E-state index contributed by atoms with van der Waals surface area (Å²) < 4.78 is 12.0. The summed E-state index contributed by atoms with van der Waals surface area (Å²) in [5.74, 6) is 1.62. The normalized spacial score (nSPS) is 11.0. The van der Waals surface area contributed by atoms with Crippen LogP contribution in [0.5, 0.6) is 5.75 Å². The molecule has 0 fully saturated rings. The first-order valence-electron chi connectivity index (χ1n) is 8.61. The van der Waals surface area contributed by atoms with Crippen molar-refractivity contribution in [1.29, 1.82) is 0 Å². The van der Waals surface area contributed by atoms with Gasteiger partial charge in [-0.2, -0.15) is 5.10 Å². The third kappa shape index (κ3) is 3.63. The molecule has 0 unspecified atom stereocenters. The number of nitrogens with zero attached hydrogens (tertiary/aromatic N) is 2. The van der Waals surface area contributed by atoms with Crippen molar-refractivity contribution in [3.8, 4) is 5.75 Å². The van der Waals surface area contributed by atoms with Crippen LogP contribution in [0.4, 0.5) is 5.82 Å². The number of amides is 1. The zero-order valence-electron chi connectivity index (χ0n) is 15.2. The Morgan fingerprint density at radius 1 is 1.21 bits per heavy atom. The van der Waals surface area contributed by atoms with Crippen LogP contribution < -0.4 is 10.1 Å². The highest BCUT2D eigenvalue weighted by Crippen LogP contribution is 2.27. The highest BCUT2D eigenvalue weighted by atomic mass is 79.9. The van der Waals surface area contributed by atoms with E-state index in [4.69, 9.17) is 9.26 Å². The first-order valence-corrected chi connectivity index (χ1v) is 9.40. The van der Waals surface area contributed by atoms with Crippen LogP contribution >= 0.6 is 15.9 Å². The van der Waals surface area contributed by atoms with Crippen molar-refractivity contribution in [3.05, 3.63) is 69.5 Å². The van der Waals surface area contributed by atoms with Gasteiger partial charge >= 0.3 is 0 Å². The van der Waals surface area contributed by atoms with E-state index < -0.39 is 0 Å². The molecule has 0 aliphatic carbocycles. The summed E-state index contributed by atoms with van der Waals surface area (Å²) in [4.78, 5) is 12.5. The van der Waals surface area contributed by atoms with Gasteiger partial charge in [0.15, 0.2) is 5.82 Å². The molecule has 8 heteroatoms. The molecule has 0 radical (unpaired) electrons. The second-order valence-corrected chi connectivity index (χ2v) is 7.25. The Hall–Kier alpha value is -3.13. The maximum atomic E-state index is 12.5. The average Bonchev–Trinajstić information content (AvgIpc) is 3.23. The second kappa shape index (κ2) is 7.47. The number of fused-ring (bicyclic) bond motifs is 1. The molecular weight excluding hydrogens is 424 g/mol. The van der Waals surface area contributed by atoms with E-state index in [9.17, 15) is 4.79 Å². The predicted octanol–water partition coefficient (Wildman–Crippen LogP) is 4.76. The Morgan fingerprint density at radius 2 is 2.00 bits per heavy atom. The summed E-state index contributed by atoms with van der Waals surface area (Å²) in [6.45, 7) is 4.09. The standard InChI is InChI=1S/C20H17BrN4O3/c1-11-17(12(2)28-25-11)10-27-15-7-8-18-16(9-15)19(24-23-18)22-20(26)13-3-5-14(21)6-4-13/h3-9H,10H2,1-2H3,(H2,22,23,24,26). The monoisotopic (exact) mass is 440 g/mol. The van der Waals surface area contributed by atoms with E-state index in [1.54, 1.807) is 12.1 Å². The molecule has 2 heterocycles. The number of carbonyl (C=O) groups is 1. The number of anilines is 1. The Labute approximate surface area is 169 Å². The maximum absolute atomic E-state index is 12.5. The Bertz CT molecular complexity index is 1130. The molecule has 2 aromatic carbocycles. The smallest absolute Gasteiger partial charge is 0.256 e. The summed E-state index contributed by atoms with van der Waals surface area (Å²) in [6.07, 6.45) is 0. The molecule has 4 aromatic rings. The fourth-order valence-corrected chi connectivity index (χ4v) is 3.09. The zero-order chi connectivity index (χ0) is 19.7. The lowest BCUT2D eigenvalue weighted by Gasteiger charge is -2.07. The van der Waals surface area contributed by atoms with E-state index >= 15 is 0 Å². The predicted molar refractivity (Wildman–Crippen MR) is 108 cm³/mol. The minimum atomic E-state index is -0.233. The van der Waals surface area contributed by atoms with Crippen molar-refractivity contribution in [1.82, 2.24) is 15.4 Å². The lowest BCUT2D eigenvalue weighted by molar-refractivity contribution is 0.102. The largest absolute Gasteiger partial charge is 0.489 e. The van der Waals surface area contributed by atoms with Gasteiger partial charge in [-0.1, -0.05) is 21.1 Å². The van der Waals surface area contributed by atoms with E-state index in [1.165, 1.54) is 0 Å². The van der Waals surface area contributed by atoms with Crippen LogP contribution in [0.1, 0.15) is 27.4 Å². The van der Waals surface area contributed by atoms with Crippen molar-refractivity contribution in [2.45, 2.75) is 20.5 Å². The molecule has 28 heavy (non-hydrogen) atoms. The molecule has 7 nitrogen and oxygen atoms in total. The van der Waals surface area contributed by atoms with Crippen molar-refractivity contribution >= 4 is 38.6 Å². The number of aryl methyl sites for hydroxylation is 2. The number of nitrogens with one attached hydrogen (secondary N) is 2. The van der Waals surface area contributed by atoms with Crippen molar-refractivity contribution < 1.29 is 14.1 Å². The molecule has 0 spiro atoms. The Morgan fingerprint density at radius 3 is 2.71 bits per heavy atom. The molecule has 2 aromatic heterocycles. The maximum Gasteiger partial charge on any atom is 0.256 e. The van der Waals surface area contributed by atoms with E-state index in [2.05, 4.69) is 36.6 Å². The van der Waals surface area contributed by atoms with Gasteiger partial charge in [-0.15, -0.1) is 0 Å². The number of hydrogen-bond donors (Lipinski definition) is 2. The van der Waals surface area contributed by atoms with Crippen LogP contribution in [-0.4, -0.2) is 21.3 Å². The van der Waals surface area contributed by atoms with E-state index in [1.807, 2.05) is 44.2 Å². The first kappa shape index (κ1) is 18.2. The van der Waals surface area contributed by atoms with E-state index in [0.717, 1.165) is 32.4 Å². The lowest BCUT2D eigenvalue weighted by Crippen LogP contribution is -2.12. The number of hydrogen-bond acceptors (Lipinski definition) is 5. The topological polar surface area (TPSA) is 93.0 Å². The molecule has 0 saturated heterocycles. The van der Waals surface area contributed by atoms with Crippen LogP contribution in [0, 0.1) is 13.8 Å². The minimum absolute atomic E-state index is 0.233. The van der Waals surface area contributed by atoms with Gasteiger partial charge in [-0.05, 0) is 56.3 Å². The van der Waals surface area contributed by atoms with Crippen LogP contribution in [-0.2, 0) is 6.61 Å². The third-order valence-electron chi connectivity index (χ3n) is 4.44. The Kier molecular flexibility index (Phi) is 4.87. The summed E-state index contributed by atoms with van der Waals surface area (Å²) in [5.41, 5.74) is 3.08. The number of aromatic nitrogens is 3. The number of aromatic amines is 1. The highest BCUT2D eigenvalue weighted by Gasteiger charge is 2.13. The van der Waals surface area contributed by atoms with Gasteiger partial charge in [-0.3, -0.25) is 9.89 Å². The van der Waals surface area contributed by atoms with Crippen LogP contribution in [0.25, 0.3) is 10.9 Å².